The van der Waals surface area contributed by atoms with Crippen LogP contribution >= 0.6 is 0 Å². The summed E-state index contributed by atoms with van der Waals surface area (Å²) < 4.78 is 0. The molecule has 0 saturated heterocycles. The maximum atomic E-state index is 11.6. The minimum absolute atomic E-state index is 0.510. The van der Waals surface area contributed by atoms with Gasteiger partial charge in [-0.05, 0) is 31.1 Å². The van der Waals surface area contributed by atoms with Crippen molar-refractivity contribution >= 4 is 5.78 Å². The van der Waals surface area contributed by atoms with Crippen LogP contribution in [0.4, 0.5) is 0 Å². The van der Waals surface area contributed by atoms with Gasteiger partial charge >= 0.3 is 0 Å². The molecule has 3 aliphatic carbocycles. The van der Waals surface area contributed by atoms with E-state index in [-0.39, 0.29) is 0 Å². The van der Waals surface area contributed by atoms with Crippen molar-refractivity contribution in [2.24, 2.45) is 23.7 Å². The molecule has 1 heteroatoms. The van der Waals surface area contributed by atoms with Gasteiger partial charge in [0.05, 0.1) is 0 Å². The van der Waals surface area contributed by atoms with Gasteiger partial charge in [-0.1, -0.05) is 12.8 Å². The van der Waals surface area contributed by atoms with Gasteiger partial charge in [-0.15, -0.1) is 0 Å². The Morgan fingerprint density at radius 1 is 1.18 bits per heavy atom. The molecule has 0 aromatic rings. The van der Waals surface area contributed by atoms with Gasteiger partial charge in [0.25, 0.3) is 0 Å². The van der Waals surface area contributed by atoms with Crippen LogP contribution in [-0.4, -0.2) is 5.78 Å². The average Bonchev–Trinajstić information content (AvgIpc) is 2.53. The first-order chi connectivity index (χ1) is 5.36. The van der Waals surface area contributed by atoms with E-state index in [0.717, 1.165) is 11.8 Å². The van der Waals surface area contributed by atoms with Crippen LogP contribution in [0.15, 0.2) is 0 Å². The largest absolute Gasteiger partial charge is 0.299 e. The highest BCUT2D eigenvalue weighted by Crippen LogP contribution is 2.55. The SMILES string of the molecule is O=C1C2CC3CCCC1C3C2. The monoisotopic (exact) mass is 150 g/mol. The number of rotatable bonds is 0. The smallest absolute Gasteiger partial charge is 0.139 e. The molecule has 0 amide bonds. The van der Waals surface area contributed by atoms with Crippen molar-refractivity contribution in [2.75, 3.05) is 0 Å². The van der Waals surface area contributed by atoms with Crippen molar-refractivity contribution in [3.63, 3.8) is 0 Å². The van der Waals surface area contributed by atoms with Gasteiger partial charge in [0.1, 0.15) is 5.78 Å². The summed E-state index contributed by atoms with van der Waals surface area (Å²) in [6, 6.07) is 0. The molecule has 0 N–H and O–H groups in total. The van der Waals surface area contributed by atoms with Crippen LogP contribution in [0, 0.1) is 23.7 Å². The highest BCUT2D eigenvalue weighted by molar-refractivity contribution is 5.87. The molecule has 0 radical (unpaired) electrons. The zero-order valence-electron chi connectivity index (χ0n) is 6.75. The van der Waals surface area contributed by atoms with E-state index in [1.54, 1.807) is 0 Å². The molecule has 0 spiro atoms. The van der Waals surface area contributed by atoms with Crippen molar-refractivity contribution in [1.29, 1.82) is 0 Å². The zero-order valence-corrected chi connectivity index (χ0v) is 6.75. The number of ketones is 1. The lowest BCUT2D eigenvalue weighted by Gasteiger charge is -2.33. The van der Waals surface area contributed by atoms with Gasteiger partial charge in [0, 0.05) is 11.8 Å². The maximum absolute atomic E-state index is 11.6. The summed E-state index contributed by atoms with van der Waals surface area (Å²) in [4.78, 5) is 11.6. The first kappa shape index (κ1) is 6.22. The third kappa shape index (κ3) is 0.646. The molecule has 0 aliphatic heterocycles. The lowest BCUT2D eigenvalue weighted by molar-refractivity contribution is -0.128. The van der Waals surface area contributed by atoms with E-state index >= 15 is 0 Å². The summed E-state index contributed by atoms with van der Waals surface area (Å²) in [6.07, 6.45) is 6.47. The van der Waals surface area contributed by atoms with Gasteiger partial charge in [-0.25, -0.2) is 0 Å². The quantitative estimate of drug-likeness (QED) is 0.516. The molecule has 0 aromatic carbocycles. The fourth-order valence-electron chi connectivity index (χ4n) is 3.68. The van der Waals surface area contributed by atoms with Crippen LogP contribution in [0.2, 0.25) is 0 Å². The molecule has 0 aromatic heterocycles. The second kappa shape index (κ2) is 1.88. The second-order valence-corrected chi connectivity index (χ2v) is 4.53. The van der Waals surface area contributed by atoms with E-state index in [4.69, 9.17) is 0 Å². The zero-order chi connectivity index (χ0) is 7.42. The Balaban J connectivity index is 1.98. The maximum Gasteiger partial charge on any atom is 0.139 e. The Labute approximate surface area is 67.2 Å². The van der Waals surface area contributed by atoms with Crippen LogP contribution in [-0.2, 0) is 4.79 Å². The highest BCUT2D eigenvalue weighted by Gasteiger charge is 2.52. The fraction of sp³-hybridized carbons (Fsp3) is 0.900. The Kier molecular flexibility index (Phi) is 1.06. The minimum Gasteiger partial charge on any atom is -0.299 e. The van der Waals surface area contributed by atoms with Crippen LogP contribution < -0.4 is 0 Å². The van der Waals surface area contributed by atoms with Crippen LogP contribution in [0.5, 0.6) is 0 Å². The predicted molar refractivity (Wildman–Crippen MR) is 42.1 cm³/mol. The number of hydrogen-bond acceptors (Lipinski definition) is 1. The minimum atomic E-state index is 0.510. The normalized spacial score (nSPS) is 53.6. The predicted octanol–water partition coefficient (Wildman–Crippen LogP) is 2.01. The second-order valence-electron chi connectivity index (χ2n) is 4.53. The number of hydrogen-bond donors (Lipinski definition) is 0. The highest BCUT2D eigenvalue weighted by atomic mass is 16.1. The summed E-state index contributed by atoms with van der Waals surface area (Å²) in [5.74, 6) is 3.45. The van der Waals surface area contributed by atoms with Crippen molar-refractivity contribution in [1.82, 2.24) is 0 Å². The summed E-state index contributed by atoms with van der Waals surface area (Å²) in [5.41, 5.74) is 0. The molecule has 60 valence electrons. The Morgan fingerprint density at radius 2 is 2.09 bits per heavy atom. The van der Waals surface area contributed by atoms with Crippen molar-refractivity contribution in [3.8, 4) is 0 Å². The van der Waals surface area contributed by atoms with Crippen LogP contribution in [0.1, 0.15) is 32.1 Å². The molecule has 11 heavy (non-hydrogen) atoms. The number of carbonyl (C=O) groups is 1. The molecule has 3 rings (SSSR count). The first-order valence-electron chi connectivity index (χ1n) is 4.90. The van der Waals surface area contributed by atoms with Gasteiger partial charge < -0.3 is 0 Å². The first-order valence-corrected chi connectivity index (χ1v) is 4.90. The van der Waals surface area contributed by atoms with Gasteiger partial charge in [0.15, 0.2) is 0 Å². The Morgan fingerprint density at radius 3 is 2.82 bits per heavy atom. The van der Waals surface area contributed by atoms with Crippen molar-refractivity contribution in [3.05, 3.63) is 0 Å². The lowest BCUT2D eigenvalue weighted by atomic mass is 9.71. The molecule has 0 heterocycles. The standard InChI is InChI=1S/C10H14O/c11-10-7-4-6-2-1-3-8(10)9(6)5-7/h6-9H,1-5H2. The summed E-state index contributed by atoms with van der Waals surface area (Å²) >= 11 is 0. The van der Waals surface area contributed by atoms with Crippen molar-refractivity contribution in [2.45, 2.75) is 32.1 Å². The van der Waals surface area contributed by atoms with E-state index < -0.39 is 0 Å². The topological polar surface area (TPSA) is 17.1 Å². The Hall–Kier alpha value is -0.330. The fourth-order valence-corrected chi connectivity index (χ4v) is 3.68. The third-order valence-corrected chi connectivity index (χ3v) is 4.12. The summed E-state index contributed by atoms with van der Waals surface area (Å²) in [5, 5.41) is 0. The van der Waals surface area contributed by atoms with Crippen molar-refractivity contribution < 1.29 is 4.79 Å². The van der Waals surface area contributed by atoms with Gasteiger partial charge in [-0.3, -0.25) is 4.79 Å². The van der Waals surface area contributed by atoms with Gasteiger partial charge in [0.2, 0.25) is 0 Å². The molecule has 3 aliphatic rings. The molecule has 3 saturated carbocycles. The molecule has 4 atom stereocenters. The van der Waals surface area contributed by atoms with Crippen LogP contribution in [0.25, 0.3) is 0 Å². The summed E-state index contributed by atoms with van der Waals surface area (Å²) in [7, 11) is 0. The molecular formula is C10H14O. The lowest BCUT2D eigenvalue weighted by Crippen LogP contribution is -2.31. The van der Waals surface area contributed by atoms with E-state index in [2.05, 4.69) is 0 Å². The molecule has 2 bridgehead atoms. The van der Waals surface area contributed by atoms with Crippen LogP contribution in [0.3, 0.4) is 0 Å². The number of carbonyl (C=O) groups excluding carboxylic acids is 1. The third-order valence-electron chi connectivity index (χ3n) is 4.12. The molecular weight excluding hydrogens is 136 g/mol. The average molecular weight is 150 g/mol. The Bertz CT molecular complexity index is 207. The van der Waals surface area contributed by atoms with E-state index in [0.29, 0.717) is 17.6 Å². The van der Waals surface area contributed by atoms with E-state index in [1.807, 2.05) is 0 Å². The number of fused-ring (bicyclic) bond motifs is 1. The molecule has 4 unspecified atom stereocenters. The van der Waals surface area contributed by atoms with E-state index in [1.165, 1.54) is 32.1 Å². The summed E-state index contributed by atoms with van der Waals surface area (Å²) in [6.45, 7) is 0. The van der Waals surface area contributed by atoms with Gasteiger partial charge in [-0.2, -0.15) is 0 Å². The molecule has 1 nitrogen and oxygen atoms in total. The molecule has 3 fully saturated rings. The van der Waals surface area contributed by atoms with E-state index in [9.17, 15) is 4.79 Å². The number of Topliss-reactive ketones (excluding diaryl/α,β-unsaturated/α-hetero) is 1.